The van der Waals surface area contributed by atoms with Gasteiger partial charge in [0.25, 0.3) is 11.8 Å². The second-order valence-electron chi connectivity index (χ2n) is 24.2. The van der Waals surface area contributed by atoms with Crippen LogP contribution < -0.4 is 16.4 Å². The molecular formula is C63H100N8O14. The summed E-state index contributed by atoms with van der Waals surface area (Å²) in [6, 6.07) is 3.25. The molecule has 0 spiro atoms. The molecule has 0 radical (unpaired) electrons. The molecule has 1 fully saturated rings. The molecule has 0 aromatic heterocycles. The number of nitrogens with one attached hydrogen (secondary N) is 2. The van der Waals surface area contributed by atoms with E-state index >= 15 is 0 Å². The number of urea groups is 1. The molecule has 0 saturated carbocycles. The van der Waals surface area contributed by atoms with E-state index in [-0.39, 0.29) is 128 Å². The molecule has 1 aromatic carbocycles. The van der Waals surface area contributed by atoms with Crippen LogP contribution in [-0.4, -0.2) is 181 Å². The summed E-state index contributed by atoms with van der Waals surface area (Å²) >= 11 is 0. The Morgan fingerprint density at radius 3 is 1.88 bits per heavy atom. The van der Waals surface area contributed by atoms with Gasteiger partial charge in [-0.05, 0) is 86.8 Å². The Morgan fingerprint density at radius 1 is 0.741 bits per heavy atom. The number of primary amides is 1. The zero-order chi connectivity index (χ0) is 64.0. The molecule has 4 N–H and O–H groups in total. The normalized spacial score (nSPS) is 17.4. The van der Waals surface area contributed by atoms with E-state index in [9.17, 15) is 52.7 Å². The Hall–Kier alpha value is -6.55. The van der Waals surface area contributed by atoms with E-state index in [4.69, 9.17) is 19.9 Å². The second-order valence-corrected chi connectivity index (χ2v) is 24.2. The Labute approximate surface area is 504 Å². The summed E-state index contributed by atoms with van der Waals surface area (Å²) < 4.78 is 17.6. The van der Waals surface area contributed by atoms with Gasteiger partial charge >= 0.3 is 12.1 Å². The summed E-state index contributed by atoms with van der Waals surface area (Å²) in [4.78, 5) is 153. The molecule has 2 aliphatic rings. The maximum atomic E-state index is 14.7. The standard InChI is InChI=1S/C63H100N8O14/c1-16-41(8)58(51(83-14)36-55(78)70-33-21-23-48(70)59(84-15)42(9)43(10)72)68(12)61(80)47(38(2)3)35-50(74)57(40(6)7)69(13)63(82)85-37-44-25-27-46(28-26-44)66-60(79)45(22-20-31-65-62(64)81)34-49(73)56(39(4)5)67(11)52(75)24-18-17-19-32-71-53(76)29-30-54(71)77/h25-30,38-42,45,47-48,51,56-59H,16-24,31-37H2,1-15H3,(H,66,79)(H3,64,65,81)/t41-,42-,45+,47-,48-,51+,56?,57-,58?,59+/m0/s1. The van der Waals surface area contributed by atoms with Crippen LogP contribution in [0.3, 0.4) is 0 Å². The number of benzene rings is 1. The van der Waals surface area contributed by atoms with Crippen LogP contribution in [-0.2, 0) is 64.0 Å². The summed E-state index contributed by atoms with van der Waals surface area (Å²) in [5, 5.41) is 5.38. The fourth-order valence-corrected chi connectivity index (χ4v) is 11.9. The van der Waals surface area contributed by atoms with Crippen molar-refractivity contribution >= 4 is 70.6 Å². The maximum Gasteiger partial charge on any atom is 0.410 e. The summed E-state index contributed by atoms with van der Waals surface area (Å²) in [6.07, 6.45) is 4.60. The molecule has 3 rings (SSSR count). The predicted octanol–water partition coefficient (Wildman–Crippen LogP) is 6.95. The molecule has 2 aliphatic heterocycles. The van der Waals surface area contributed by atoms with E-state index in [2.05, 4.69) is 10.6 Å². The Balaban J connectivity index is 1.68. The van der Waals surface area contributed by atoms with E-state index < -0.39 is 66.1 Å². The predicted molar refractivity (Wildman–Crippen MR) is 322 cm³/mol. The zero-order valence-corrected chi connectivity index (χ0v) is 53.3. The molecule has 9 amide bonds. The minimum absolute atomic E-state index is 0.00659. The van der Waals surface area contributed by atoms with Gasteiger partial charge in [0.2, 0.25) is 23.6 Å². The van der Waals surface area contributed by atoms with Crippen LogP contribution in [0.15, 0.2) is 36.4 Å². The molecular weight excluding hydrogens is 1090 g/mol. The van der Waals surface area contributed by atoms with Crippen molar-refractivity contribution in [3.05, 3.63) is 42.0 Å². The number of unbranched alkanes of at least 4 members (excludes halogenated alkanes) is 2. The van der Waals surface area contributed by atoms with E-state index in [1.807, 2.05) is 62.3 Å². The number of imide groups is 1. The van der Waals surface area contributed by atoms with Gasteiger partial charge in [-0.1, -0.05) is 87.3 Å². The highest BCUT2D eigenvalue weighted by atomic mass is 16.6. The number of likely N-dealkylation sites (N-methyl/N-ethyl adjacent to an activating group) is 3. The van der Waals surface area contributed by atoms with Crippen LogP contribution in [0.5, 0.6) is 0 Å². The lowest BCUT2D eigenvalue weighted by molar-refractivity contribution is -0.149. The quantitative estimate of drug-likeness (QED) is 0.0449. The van der Waals surface area contributed by atoms with Gasteiger partial charge < -0.3 is 50.2 Å². The number of likely N-dealkylation sites (tertiary alicyclic amines) is 1. The van der Waals surface area contributed by atoms with Crippen molar-refractivity contribution in [1.29, 1.82) is 0 Å². The largest absolute Gasteiger partial charge is 0.445 e. The highest BCUT2D eigenvalue weighted by Crippen LogP contribution is 2.32. The number of ether oxygens (including phenoxy) is 3. The van der Waals surface area contributed by atoms with Gasteiger partial charge in [0, 0.05) is 110 Å². The van der Waals surface area contributed by atoms with Crippen LogP contribution in [0.4, 0.5) is 15.3 Å². The van der Waals surface area contributed by atoms with Gasteiger partial charge in [-0.15, -0.1) is 0 Å². The number of rotatable bonds is 37. The summed E-state index contributed by atoms with van der Waals surface area (Å²) in [5.41, 5.74) is 6.23. The number of ketones is 3. The highest BCUT2D eigenvalue weighted by Gasteiger charge is 2.43. The first-order valence-corrected chi connectivity index (χ1v) is 30.3. The molecule has 1 saturated heterocycles. The molecule has 85 heavy (non-hydrogen) atoms. The van der Waals surface area contributed by atoms with Crippen molar-refractivity contribution in [2.45, 2.75) is 189 Å². The van der Waals surface area contributed by atoms with Crippen LogP contribution >= 0.6 is 0 Å². The zero-order valence-electron chi connectivity index (χ0n) is 53.3. The number of carbonyl (C=O) groups excluding carboxylic acids is 11. The van der Waals surface area contributed by atoms with Crippen LogP contribution in [0, 0.1) is 41.4 Å². The van der Waals surface area contributed by atoms with Crippen molar-refractivity contribution in [3.8, 4) is 0 Å². The van der Waals surface area contributed by atoms with Gasteiger partial charge in [-0.25, -0.2) is 9.59 Å². The van der Waals surface area contributed by atoms with Crippen molar-refractivity contribution in [3.63, 3.8) is 0 Å². The van der Waals surface area contributed by atoms with Crippen LogP contribution in [0.25, 0.3) is 0 Å². The topological polar surface area (TPSA) is 282 Å². The fraction of sp³-hybridized carbons (Fsp3) is 0.698. The first-order valence-electron chi connectivity index (χ1n) is 30.3. The molecule has 10 atom stereocenters. The summed E-state index contributed by atoms with van der Waals surface area (Å²) in [5.74, 6) is -5.56. The number of nitrogens with two attached hydrogens (primary N) is 1. The Bertz CT molecular complexity index is 2460. The smallest absolute Gasteiger partial charge is 0.410 e. The van der Waals surface area contributed by atoms with Crippen LogP contribution in [0.2, 0.25) is 0 Å². The molecule has 2 unspecified atom stereocenters. The fourth-order valence-electron chi connectivity index (χ4n) is 11.9. The Kier molecular flexibility index (Phi) is 30.1. The monoisotopic (exact) mass is 1190 g/mol. The van der Waals surface area contributed by atoms with E-state index in [1.54, 1.807) is 55.3 Å². The average Bonchev–Trinajstić information content (AvgIpc) is 4.04. The van der Waals surface area contributed by atoms with Gasteiger partial charge in [0.15, 0.2) is 11.6 Å². The summed E-state index contributed by atoms with van der Waals surface area (Å²) in [6.45, 7) is 19.1. The van der Waals surface area contributed by atoms with Crippen molar-refractivity contribution in [1.82, 2.24) is 29.8 Å². The lowest BCUT2D eigenvalue weighted by Crippen LogP contribution is -2.54. The van der Waals surface area contributed by atoms with Crippen molar-refractivity contribution < 1.29 is 67.0 Å². The first-order chi connectivity index (χ1) is 40.0. The molecule has 476 valence electrons. The molecule has 22 nitrogen and oxygen atoms in total. The van der Waals surface area contributed by atoms with Crippen molar-refractivity contribution in [2.75, 3.05) is 60.3 Å². The number of Topliss-reactive ketones (excluding diaryl/α,β-unsaturated/α-hetero) is 3. The second kappa shape index (κ2) is 35.2. The molecule has 1 aromatic rings. The number of anilines is 1. The minimum atomic E-state index is -0.945. The first kappa shape index (κ1) is 72.7. The molecule has 22 heteroatoms. The number of carbonyl (C=O) groups is 11. The van der Waals surface area contributed by atoms with E-state index in [1.165, 1.54) is 43.0 Å². The van der Waals surface area contributed by atoms with Gasteiger partial charge in [0.1, 0.15) is 12.4 Å². The van der Waals surface area contributed by atoms with Crippen LogP contribution in [0.1, 0.15) is 152 Å². The number of hydrogen-bond donors (Lipinski definition) is 3. The highest BCUT2D eigenvalue weighted by molar-refractivity contribution is 6.12. The third-order valence-corrected chi connectivity index (χ3v) is 17.1. The van der Waals surface area contributed by atoms with Crippen molar-refractivity contribution in [2.24, 2.45) is 47.2 Å². The van der Waals surface area contributed by atoms with E-state index in [0.29, 0.717) is 56.3 Å². The number of amides is 9. The number of hydrogen-bond acceptors (Lipinski definition) is 14. The third kappa shape index (κ3) is 21.1. The van der Waals surface area contributed by atoms with E-state index in [0.717, 1.165) is 11.3 Å². The number of nitrogens with zero attached hydrogens (tertiary/aromatic N) is 5. The third-order valence-electron chi connectivity index (χ3n) is 17.1. The lowest BCUT2D eigenvalue weighted by atomic mass is 9.83. The van der Waals surface area contributed by atoms with Gasteiger partial charge in [-0.2, -0.15) is 0 Å². The lowest BCUT2D eigenvalue weighted by Gasteiger charge is -2.41. The molecule has 0 bridgehead atoms. The average molecular weight is 1190 g/mol. The Morgan fingerprint density at radius 2 is 1.34 bits per heavy atom. The number of methoxy groups -OCH3 is 2. The SMILES string of the molecule is CC[C@H](C)C([C@@H](CC(=O)N1CCC[C@H]1[C@H](OC)[C@@H](C)C(C)=O)OC)N(C)C(=O)[C@@H](CC(=O)[C@H](C(C)C)N(C)C(=O)OCc1ccc(NC(=O)[C@H](CCCNC(N)=O)CC(=O)C(C(C)C)N(C)C(=O)CCCCCN2C(=O)C=CC2=O)cc1)C(C)C. The molecule has 0 aliphatic carbocycles. The summed E-state index contributed by atoms with van der Waals surface area (Å²) in [7, 11) is 7.83. The minimum Gasteiger partial charge on any atom is -0.445 e. The van der Waals surface area contributed by atoms with Gasteiger partial charge in [0.05, 0.1) is 42.8 Å². The van der Waals surface area contributed by atoms with Gasteiger partial charge in [-0.3, -0.25) is 48.1 Å². The molecule has 2 heterocycles. The maximum absolute atomic E-state index is 14.7.